The largest absolute Gasteiger partial charge is 0.507 e. The number of aliphatic hydroxyl groups excluding tert-OH is 1. The molecule has 0 spiro atoms. The molecule has 0 aliphatic heterocycles. The topological polar surface area (TPSA) is 49.3 Å². The van der Waals surface area contributed by atoms with E-state index in [1.807, 2.05) is 20.8 Å². The van der Waals surface area contributed by atoms with Crippen LogP contribution in [0.1, 0.15) is 34.6 Å². The van der Waals surface area contributed by atoms with Gasteiger partial charge in [0.25, 0.3) is 5.91 Å². The summed E-state index contributed by atoms with van der Waals surface area (Å²) in [6.45, 7) is 9.79. The predicted octanol–water partition coefficient (Wildman–Crippen LogP) is 2.56. The molecular weight excluding hydrogens is 178 g/mol. The Morgan fingerprint density at radius 3 is 2.07 bits per heavy atom. The number of amides is 1. The van der Waals surface area contributed by atoms with Crippen molar-refractivity contribution in [1.82, 2.24) is 5.32 Å². The fraction of sp³-hybridized carbons (Fsp3) is 0.545. The molecule has 0 aliphatic carbocycles. The van der Waals surface area contributed by atoms with E-state index < -0.39 is 0 Å². The number of carbonyl (C=O) groups excluding carboxylic acids is 1. The molecule has 0 heterocycles. The van der Waals surface area contributed by atoms with Crippen LogP contribution in [0, 0.1) is 0 Å². The van der Waals surface area contributed by atoms with Crippen molar-refractivity contribution >= 4 is 5.91 Å². The van der Waals surface area contributed by atoms with Crippen LogP contribution in [0.5, 0.6) is 0 Å². The summed E-state index contributed by atoms with van der Waals surface area (Å²) in [6.07, 6.45) is 3.07. The Balaban J connectivity index is 0. The molecule has 0 radical (unpaired) electrons. The van der Waals surface area contributed by atoms with Crippen LogP contribution in [0.15, 0.2) is 23.5 Å². The minimum Gasteiger partial charge on any atom is -0.507 e. The highest BCUT2D eigenvalue weighted by Gasteiger charge is 2.09. The molecule has 14 heavy (non-hydrogen) atoms. The maximum absolute atomic E-state index is 11.2. The van der Waals surface area contributed by atoms with E-state index in [9.17, 15) is 9.90 Å². The molecule has 0 atom stereocenters. The lowest BCUT2D eigenvalue weighted by Gasteiger charge is -2.04. The minimum absolute atomic E-state index is 0.0171. The third kappa shape index (κ3) is 5.41. The van der Waals surface area contributed by atoms with Crippen molar-refractivity contribution < 1.29 is 9.90 Å². The van der Waals surface area contributed by atoms with Crippen molar-refractivity contribution in [3.05, 3.63) is 23.5 Å². The van der Waals surface area contributed by atoms with Gasteiger partial charge in [0.2, 0.25) is 0 Å². The van der Waals surface area contributed by atoms with Crippen LogP contribution in [-0.4, -0.2) is 17.6 Å². The van der Waals surface area contributed by atoms with Gasteiger partial charge in [0, 0.05) is 6.54 Å². The van der Waals surface area contributed by atoms with Gasteiger partial charge in [-0.05, 0) is 26.8 Å². The van der Waals surface area contributed by atoms with Gasteiger partial charge in [-0.15, -0.1) is 0 Å². The van der Waals surface area contributed by atoms with Crippen molar-refractivity contribution in [2.45, 2.75) is 34.6 Å². The van der Waals surface area contributed by atoms with E-state index >= 15 is 0 Å². The summed E-state index contributed by atoms with van der Waals surface area (Å²) in [5, 5.41) is 11.9. The number of likely N-dealkylation sites (N-methyl/N-ethyl adjacent to an activating group) is 1. The zero-order valence-electron chi connectivity index (χ0n) is 9.72. The Morgan fingerprint density at radius 2 is 1.79 bits per heavy atom. The fourth-order valence-corrected chi connectivity index (χ4v) is 0.807. The van der Waals surface area contributed by atoms with Crippen LogP contribution >= 0.6 is 0 Å². The van der Waals surface area contributed by atoms with Gasteiger partial charge in [-0.2, -0.15) is 0 Å². The lowest BCUT2D eigenvalue weighted by molar-refractivity contribution is -0.117. The SMILES string of the molecule is C/C=C(O)\C(=C/C)C(=O)NCC.CC. The highest BCUT2D eigenvalue weighted by molar-refractivity contribution is 5.96. The van der Waals surface area contributed by atoms with Crippen LogP contribution in [0.4, 0.5) is 0 Å². The van der Waals surface area contributed by atoms with Crippen molar-refractivity contribution in [3.63, 3.8) is 0 Å². The normalized spacial score (nSPS) is 11.5. The molecule has 0 fully saturated rings. The second-order valence-corrected chi connectivity index (χ2v) is 2.24. The van der Waals surface area contributed by atoms with Gasteiger partial charge in [0.15, 0.2) is 0 Å². The Kier molecular flexibility index (Phi) is 10.7. The third-order valence-corrected chi connectivity index (χ3v) is 1.42. The third-order valence-electron chi connectivity index (χ3n) is 1.42. The number of aliphatic hydroxyl groups is 1. The van der Waals surface area contributed by atoms with Crippen molar-refractivity contribution in [3.8, 4) is 0 Å². The van der Waals surface area contributed by atoms with Crippen LogP contribution in [-0.2, 0) is 4.79 Å². The second kappa shape index (κ2) is 9.84. The predicted molar refractivity (Wildman–Crippen MR) is 60.2 cm³/mol. The number of carbonyl (C=O) groups is 1. The molecule has 3 heteroatoms. The van der Waals surface area contributed by atoms with Gasteiger partial charge in [-0.3, -0.25) is 4.79 Å². The van der Waals surface area contributed by atoms with Gasteiger partial charge in [0.1, 0.15) is 5.76 Å². The Hall–Kier alpha value is -1.25. The van der Waals surface area contributed by atoms with Gasteiger partial charge >= 0.3 is 0 Å². The number of hydrogen-bond acceptors (Lipinski definition) is 2. The summed E-state index contributed by atoms with van der Waals surface area (Å²) in [6, 6.07) is 0. The summed E-state index contributed by atoms with van der Waals surface area (Å²) >= 11 is 0. The smallest absolute Gasteiger partial charge is 0.254 e. The molecule has 2 N–H and O–H groups in total. The summed E-state index contributed by atoms with van der Waals surface area (Å²) < 4.78 is 0. The van der Waals surface area contributed by atoms with E-state index in [2.05, 4.69) is 5.32 Å². The Bertz CT molecular complexity index is 217. The molecule has 0 rings (SSSR count). The highest BCUT2D eigenvalue weighted by atomic mass is 16.3. The van der Waals surface area contributed by atoms with E-state index in [-0.39, 0.29) is 11.7 Å². The lowest BCUT2D eigenvalue weighted by Crippen LogP contribution is -2.25. The first-order chi connectivity index (χ1) is 6.67. The first-order valence-electron chi connectivity index (χ1n) is 4.97. The maximum Gasteiger partial charge on any atom is 0.254 e. The monoisotopic (exact) mass is 199 g/mol. The summed E-state index contributed by atoms with van der Waals surface area (Å²) in [5.74, 6) is -0.223. The molecule has 0 aromatic carbocycles. The summed E-state index contributed by atoms with van der Waals surface area (Å²) in [5.41, 5.74) is 0.319. The van der Waals surface area contributed by atoms with Gasteiger partial charge in [-0.25, -0.2) is 0 Å². The summed E-state index contributed by atoms with van der Waals surface area (Å²) in [7, 11) is 0. The highest BCUT2D eigenvalue weighted by Crippen LogP contribution is 2.05. The van der Waals surface area contributed by atoms with Gasteiger partial charge in [0.05, 0.1) is 5.57 Å². The second-order valence-electron chi connectivity index (χ2n) is 2.24. The molecule has 0 saturated carbocycles. The quantitative estimate of drug-likeness (QED) is 0.417. The Labute approximate surface area is 86.5 Å². The first kappa shape index (κ1) is 15.2. The molecular formula is C11H21NO2. The van der Waals surface area contributed by atoms with E-state index in [0.29, 0.717) is 12.1 Å². The molecule has 1 amide bonds. The standard InChI is InChI=1S/C9H15NO2.C2H6/c1-4-7(8(11)5-2)9(12)10-6-3;1-2/h4-5,11H,6H2,1-3H3,(H,10,12);1-2H3/b7-4+,8-5+;. The zero-order valence-corrected chi connectivity index (χ0v) is 9.72. The molecule has 0 aliphatic rings. The van der Waals surface area contributed by atoms with E-state index in [0.717, 1.165) is 0 Å². The molecule has 0 aromatic rings. The van der Waals surface area contributed by atoms with Gasteiger partial charge < -0.3 is 10.4 Å². The van der Waals surface area contributed by atoms with Crippen LogP contribution in [0.2, 0.25) is 0 Å². The van der Waals surface area contributed by atoms with Crippen molar-refractivity contribution in [2.24, 2.45) is 0 Å². The van der Waals surface area contributed by atoms with Crippen LogP contribution < -0.4 is 5.32 Å². The van der Waals surface area contributed by atoms with Crippen molar-refractivity contribution in [1.29, 1.82) is 0 Å². The number of hydrogen-bond donors (Lipinski definition) is 2. The molecule has 0 bridgehead atoms. The number of allylic oxidation sites excluding steroid dienone is 2. The lowest BCUT2D eigenvalue weighted by atomic mass is 10.2. The Morgan fingerprint density at radius 1 is 1.29 bits per heavy atom. The molecule has 0 aromatic heterocycles. The van der Waals surface area contributed by atoms with Crippen LogP contribution in [0.25, 0.3) is 0 Å². The van der Waals surface area contributed by atoms with Gasteiger partial charge in [-0.1, -0.05) is 19.9 Å². The van der Waals surface area contributed by atoms with E-state index in [1.165, 1.54) is 6.08 Å². The molecule has 3 nitrogen and oxygen atoms in total. The molecule has 0 saturated heterocycles. The molecule has 82 valence electrons. The average molecular weight is 199 g/mol. The maximum atomic E-state index is 11.2. The molecule has 0 unspecified atom stereocenters. The van der Waals surface area contributed by atoms with E-state index in [1.54, 1.807) is 19.9 Å². The number of nitrogens with one attached hydrogen (secondary N) is 1. The zero-order chi connectivity index (χ0) is 11.6. The first-order valence-corrected chi connectivity index (χ1v) is 4.97. The number of rotatable bonds is 3. The summed E-state index contributed by atoms with van der Waals surface area (Å²) in [4.78, 5) is 11.2. The van der Waals surface area contributed by atoms with Crippen molar-refractivity contribution in [2.75, 3.05) is 6.54 Å². The van der Waals surface area contributed by atoms with Crippen LogP contribution in [0.3, 0.4) is 0 Å². The average Bonchev–Trinajstić information content (AvgIpc) is 2.22. The van der Waals surface area contributed by atoms with E-state index in [4.69, 9.17) is 0 Å². The minimum atomic E-state index is -0.240. The fourth-order valence-electron chi connectivity index (χ4n) is 0.807.